The molecule has 0 aliphatic heterocycles. The van der Waals surface area contributed by atoms with E-state index in [2.05, 4.69) is 10.3 Å². The number of esters is 1. The van der Waals surface area contributed by atoms with Crippen molar-refractivity contribution in [3.05, 3.63) is 17.8 Å². The highest BCUT2D eigenvalue weighted by molar-refractivity contribution is 5.92. The summed E-state index contributed by atoms with van der Waals surface area (Å²) in [5.41, 5.74) is 0.522. The number of carbonyl (C=O) groups excluding carboxylic acids is 2. The Kier molecular flexibility index (Phi) is 4.50. The first-order valence-corrected chi connectivity index (χ1v) is 4.99. The van der Waals surface area contributed by atoms with Gasteiger partial charge in [0.1, 0.15) is 0 Å². The van der Waals surface area contributed by atoms with Gasteiger partial charge in [-0.05, 0) is 13.8 Å². The van der Waals surface area contributed by atoms with E-state index in [-0.39, 0.29) is 30.6 Å². The molecule has 1 amide bonds. The molecule has 0 aromatic carbocycles. The molecule has 0 atom stereocenters. The Morgan fingerprint density at radius 1 is 1.56 bits per heavy atom. The lowest BCUT2D eigenvalue weighted by atomic mass is 10.3. The lowest BCUT2D eigenvalue weighted by Crippen LogP contribution is -2.26. The van der Waals surface area contributed by atoms with Crippen molar-refractivity contribution in [2.75, 3.05) is 13.2 Å². The van der Waals surface area contributed by atoms with E-state index in [1.54, 1.807) is 13.8 Å². The topological polar surface area (TPSA) is 81.4 Å². The minimum absolute atomic E-state index is 0.146. The summed E-state index contributed by atoms with van der Waals surface area (Å²) in [6.07, 6.45) is 1.35. The fourth-order valence-corrected chi connectivity index (χ4v) is 1.11. The van der Waals surface area contributed by atoms with Gasteiger partial charge >= 0.3 is 5.97 Å². The number of oxazole rings is 1. The van der Waals surface area contributed by atoms with Gasteiger partial charge < -0.3 is 14.5 Å². The smallest absolute Gasteiger partial charge is 0.307 e. The van der Waals surface area contributed by atoms with Crippen LogP contribution in [0.1, 0.15) is 29.6 Å². The Morgan fingerprint density at radius 3 is 2.88 bits per heavy atom. The van der Waals surface area contributed by atoms with Gasteiger partial charge in [0, 0.05) is 6.54 Å². The number of amides is 1. The molecule has 0 fully saturated rings. The third-order valence-electron chi connectivity index (χ3n) is 1.87. The fourth-order valence-electron chi connectivity index (χ4n) is 1.11. The summed E-state index contributed by atoms with van der Waals surface area (Å²) in [4.78, 5) is 26.2. The van der Waals surface area contributed by atoms with Crippen LogP contribution in [0, 0.1) is 6.92 Å². The van der Waals surface area contributed by atoms with E-state index in [0.29, 0.717) is 12.3 Å². The number of hydrogen-bond donors (Lipinski definition) is 1. The van der Waals surface area contributed by atoms with Gasteiger partial charge in [0.25, 0.3) is 5.91 Å². The summed E-state index contributed by atoms with van der Waals surface area (Å²) in [7, 11) is 0. The highest BCUT2D eigenvalue weighted by Crippen LogP contribution is 2.03. The predicted octanol–water partition coefficient (Wildman–Crippen LogP) is 0.666. The Morgan fingerprint density at radius 2 is 2.31 bits per heavy atom. The van der Waals surface area contributed by atoms with Crippen molar-refractivity contribution in [1.82, 2.24) is 10.3 Å². The monoisotopic (exact) mass is 226 g/mol. The summed E-state index contributed by atoms with van der Waals surface area (Å²) in [6.45, 7) is 3.96. The van der Waals surface area contributed by atoms with Gasteiger partial charge in [-0.25, -0.2) is 4.98 Å². The SMILES string of the molecule is CCOC(=O)CCNC(=O)c1ocnc1C. The van der Waals surface area contributed by atoms with Gasteiger partial charge in [-0.15, -0.1) is 0 Å². The normalized spacial score (nSPS) is 9.88. The molecule has 1 heterocycles. The maximum absolute atomic E-state index is 11.5. The maximum atomic E-state index is 11.5. The van der Waals surface area contributed by atoms with Crippen LogP contribution in [-0.2, 0) is 9.53 Å². The van der Waals surface area contributed by atoms with E-state index in [1.165, 1.54) is 6.39 Å². The van der Waals surface area contributed by atoms with Crippen LogP contribution in [0.3, 0.4) is 0 Å². The average molecular weight is 226 g/mol. The molecule has 0 spiro atoms. The summed E-state index contributed by atoms with van der Waals surface area (Å²) < 4.78 is 9.60. The molecule has 0 radical (unpaired) electrons. The van der Waals surface area contributed by atoms with E-state index in [4.69, 9.17) is 9.15 Å². The van der Waals surface area contributed by atoms with E-state index in [0.717, 1.165) is 0 Å². The molecule has 0 unspecified atom stereocenters. The lowest BCUT2D eigenvalue weighted by molar-refractivity contribution is -0.142. The minimum Gasteiger partial charge on any atom is -0.466 e. The summed E-state index contributed by atoms with van der Waals surface area (Å²) in [5, 5.41) is 2.54. The molecule has 1 aromatic rings. The number of aromatic nitrogens is 1. The Bertz CT molecular complexity index is 373. The molecule has 88 valence electrons. The number of aryl methyl sites for hydroxylation is 1. The molecular weight excluding hydrogens is 212 g/mol. The van der Waals surface area contributed by atoms with Crippen molar-refractivity contribution < 1.29 is 18.7 Å². The quantitative estimate of drug-likeness (QED) is 0.746. The van der Waals surface area contributed by atoms with Crippen molar-refractivity contribution in [2.24, 2.45) is 0 Å². The number of nitrogens with one attached hydrogen (secondary N) is 1. The van der Waals surface area contributed by atoms with Crippen LogP contribution in [0.25, 0.3) is 0 Å². The molecule has 1 aromatic heterocycles. The minimum atomic E-state index is -0.376. The Balaban J connectivity index is 2.31. The summed E-state index contributed by atoms with van der Waals surface area (Å²) in [6, 6.07) is 0. The molecule has 16 heavy (non-hydrogen) atoms. The lowest BCUT2D eigenvalue weighted by Gasteiger charge is -2.03. The van der Waals surface area contributed by atoms with Crippen molar-refractivity contribution in [1.29, 1.82) is 0 Å². The summed E-state index contributed by atoms with van der Waals surface area (Å²) in [5.74, 6) is -0.541. The number of rotatable bonds is 5. The number of ether oxygens (including phenoxy) is 1. The van der Waals surface area contributed by atoms with Gasteiger partial charge in [-0.2, -0.15) is 0 Å². The molecule has 0 aliphatic rings. The highest BCUT2D eigenvalue weighted by Gasteiger charge is 2.13. The van der Waals surface area contributed by atoms with Crippen LogP contribution in [-0.4, -0.2) is 30.0 Å². The van der Waals surface area contributed by atoms with Gasteiger partial charge in [-0.1, -0.05) is 0 Å². The summed E-state index contributed by atoms with van der Waals surface area (Å²) >= 11 is 0. The molecular formula is C10H14N2O4. The van der Waals surface area contributed by atoms with E-state index >= 15 is 0 Å². The van der Waals surface area contributed by atoms with Crippen molar-refractivity contribution >= 4 is 11.9 Å². The van der Waals surface area contributed by atoms with Gasteiger partial charge in [0.05, 0.1) is 18.7 Å². The Hall–Kier alpha value is -1.85. The second-order valence-electron chi connectivity index (χ2n) is 3.08. The second kappa shape index (κ2) is 5.89. The van der Waals surface area contributed by atoms with E-state index in [9.17, 15) is 9.59 Å². The molecule has 1 N–H and O–H groups in total. The van der Waals surface area contributed by atoms with Crippen molar-refractivity contribution in [3.63, 3.8) is 0 Å². The average Bonchev–Trinajstić information content (AvgIpc) is 2.64. The van der Waals surface area contributed by atoms with Crippen molar-refractivity contribution in [3.8, 4) is 0 Å². The third-order valence-corrected chi connectivity index (χ3v) is 1.87. The van der Waals surface area contributed by atoms with Crippen LogP contribution < -0.4 is 5.32 Å². The van der Waals surface area contributed by atoms with Crippen LogP contribution in [0.4, 0.5) is 0 Å². The van der Waals surface area contributed by atoms with Crippen LogP contribution in [0.15, 0.2) is 10.8 Å². The predicted molar refractivity (Wildman–Crippen MR) is 54.8 cm³/mol. The fraction of sp³-hybridized carbons (Fsp3) is 0.500. The number of hydrogen-bond acceptors (Lipinski definition) is 5. The number of carbonyl (C=O) groups is 2. The largest absolute Gasteiger partial charge is 0.466 e. The zero-order chi connectivity index (χ0) is 12.0. The first kappa shape index (κ1) is 12.2. The Labute approximate surface area is 93.0 Å². The van der Waals surface area contributed by atoms with Crippen molar-refractivity contribution in [2.45, 2.75) is 20.3 Å². The zero-order valence-corrected chi connectivity index (χ0v) is 9.28. The van der Waals surface area contributed by atoms with E-state index in [1.807, 2.05) is 0 Å². The molecule has 0 saturated heterocycles. The van der Waals surface area contributed by atoms with Gasteiger partial charge in [-0.3, -0.25) is 9.59 Å². The van der Waals surface area contributed by atoms with Gasteiger partial charge in [0.2, 0.25) is 5.76 Å². The van der Waals surface area contributed by atoms with Gasteiger partial charge in [0.15, 0.2) is 6.39 Å². The van der Waals surface area contributed by atoms with E-state index < -0.39 is 0 Å². The maximum Gasteiger partial charge on any atom is 0.307 e. The molecule has 6 heteroatoms. The standard InChI is InChI=1S/C10H14N2O4/c1-3-15-8(13)4-5-11-10(14)9-7(2)12-6-16-9/h6H,3-5H2,1-2H3,(H,11,14). The van der Waals surface area contributed by atoms with Crippen LogP contribution >= 0.6 is 0 Å². The molecule has 0 aliphatic carbocycles. The number of nitrogens with zero attached hydrogens (tertiary/aromatic N) is 1. The first-order valence-electron chi connectivity index (χ1n) is 4.99. The molecule has 0 bridgehead atoms. The zero-order valence-electron chi connectivity index (χ0n) is 9.28. The second-order valence-corrected chi connectivity index (χ2v) is 3.08. The molecule has 6 nitrogen and oxygen atoms in total. The third kappa shape index (κ3) is 3.38. The van der Waals surface area contributed by atoms with Crippen LogP contribution in [0.5, 0.6) is 0 Å². The van der Waals surface area contributed by atoms with Crippen LogP contribution in [0.2, 0.25) is 0 Å². The molecule has 1 rings (SSSR count). The first-order chi connectivity index (χ1) is 7.65. The molecule has 0 saturated carbocycles. The highest BCUT2D eigenvalue weighted by atomic mass is 16.5.